The summed E-state index contributed by atoms with van der Waals surface area (Å²) in [5.74, 6) is -0.879. The Morgan fingerprint density at radius 2 is 0.810 bits per heavy atom. The number of carbonyl (C=O) groups is 2. The molecule has 0 heterocycles. The van der Waals surface area contributed by atoms with Crippen LogP contribution in [0.5, 0.6) is 0 Å². The first-order chi connectivity index (χ1) is 19.8. The van der Waals surface area contributed by atoms with E-state index in [-0.39, 0.29) is 20.9 Å². The SMILES string of the molecule is CN(C)S(=O)(=O)c1ccc(C(=O)Nc2ccccc2-c2ccccc2NC(=O)c2ccc(S(=O)(=O)N(C)C)cc2)cc1. The van der Waals surface area contributed by atoms with Crippen molar-refractivity contribution < 1.29 is 26.4 Å². The summed E-state index contributed by atoms with van der Waals surface area (Å²) in [6.45, 7) is 0. The number of anilines is 2. The Morgan fingerprint density at radius 3 is 1.12 bits per heavy atom. The van der Waals surface area contributed by atoms with Crippen LogP contribution in [0.4, 0.5) is 11.4 Å². The summed E-state index contributed by atoms with van der Waals surface area (Å²) >= 11 is 0. The zero-order valence-corrected chi connectivity index (χ0v) is 25.0. The van der Waals surface area contributed by atoms with Crippen LogP contribution in [0.3, 0.4) is 0 Å². The van der Waals surface area contributed by atoms with Gasteiger partial charge in [-0.05, 0) is 60.7 Å². The van der Waals surface area contributed by atoms with Gasteiger partial charge in [0.05, 0.1) is 9.79 Å². The van der Waals surface area contributed by atoms with E-state index in [1.54, 1.807) is 48.5 Å². The fourth-order valence-corrected chi connectivity index (χ4v) is 5.82. The molecule has 0 atom stereocenters. The number of benzene rings is 4. The molecular weight excluding hydrogens is 576 g/mol. The van der Waals surface area contributed by atoms with Crippen molar-refractivity contribution >= 4 is 43.2 Å². The fraction of sp³-hybridized carbons (Fsp3) is 0.133. The molecule has 10 nitrogen and oxygen atoms in total. The van der Waals surface area contributed by atoms with Crippen molar-refractivity contribution in [3.05, 3.63) is 108 Å². The minimum absolute atomic E-state index is 0.0723. The normalized spacial score (nSPS) is 11.9. The van der Waals surface area contributed by atoms with Gasteiger partial charge in [-0.15, -0.1) is 0 Å². The number of rotatable bonds is 9. The molecule has 218 valence electrons. The highest BCUT2D eigenvalue weighted by molar-refractivity contribution is 7.89. The third-order valence-corrected chi connectivity index (χ3v) is 10.1. The summed E-state index contributed by atoms with van der Waals surface area (Å²) in [4.78, 5) is 26.3. The molecule has 0 saturated carbocycles. The van der Waals surface area contributed by atoms with Crippen LogP contribution in [0, 0.1) is 0 Å². The van der Waals surface area contributed by atoms with Gasteiger partial charge in [0.2, 0.25) is 20.0 Å². The standard InChI is InChI=1S/C30H30N4O6S2/c1-33(2)41(37,38)23-17-13-21(14-18-23)29(35)31-27-11-7-5-9-25(27)26-10-6-8-12-28(26)32-30(36)22-15-19-24(20-16-22)42(39,40)34(3)4/h5-20H,1-4H3,(H,31,35)(H,32,36). The molecular formula is C30H30N4O6S2. The molecule has 0 saturated heterocycles. The second kappa shape index (κ2) is 12.2. The van der Waals surface area contributed by atoms with Gasteiger partial charge in [-0.3, -0.25) is 9.59 Å². The highest BCUT2D eigenvalue weighted by atomic mass is 32.2. The number of sulfonamides is 2. The van der Waals surface area contributed by atoms with Gasteiger partial charge < -0.3 is 10.6 Å². The molecule has 0 unspecified atom stereocenters. The molecule has 4 aromatic carbocycles. The second-order valence-corrected chi connectivity index (χ2v) is 13.9. The topological polar surface area (TPSA) is 133 Å². The van der Waals surface area contributed by atoms with Crippen molar-refractivity contribution in [1.82, 2.24) is 8.61 Å². The highest BCUT2D eigenvalue weighted by Crippen LogP contribution is 2.34. The highest BCUT2D eigenvalue weighted by Gasteiger charge is 2.20. The average molecular weight is 607 g/mol. The van der Waals surface area contributed by atoms with Crippen LogP contribution in [0.15, 0.2) is 107 Å². The van der Waals surface area contributed by atoms with Crippen molar-refractivity contribution in [3.8, 4) is 11.1 Å². The molecule has 2 amide bonds. The van der Waals surface area contributed by atoms with Gasteiger partial charge >= 0.3 is 0 Å². The Labute approximate surface area is 245 Å². The first-order valence-corrected chi connectivity index (χ1v) is 15.6. The Bertz CT molecular complexity index is 1700. The maximum absolute atomic E-state index is 13.1. The molecule has 4 rings (SSSR count). The van der Waals surface area contributed by atoms with E-state index in [4.69, 9.17) is 0 Å². The molecule has 0 spiro atoms. The van der Waals surface area contributed by atoms with E-state index < -0.39 is 31.9 Å². The molecule has 4 aromatic rings. The van der Waals surface area contributed by atoms with Gasteiger partial charge in [0.15, 0.2) is 0 Å². The molecule has 0 aliphatic heterocycles. The molecule has 0 aliphatic rings. The van der Waals surface area contributed by atoms with Crippen molar-refractivity contribution in [2.45, 2.75) is 9.79 Å². The smallest absolute Gasteiger partial charge is 0.255 e. The van der Waals surface area contributed by atoms with Gasteiger partial charge in [0.1, 0.15) is 0 Å². The molecule has 42 heavy (non-hydrogen) atoms. The average Bonchev–Trinajstić information content (AvgIpc) is 2.97. The molecule has 12 heteroatoms. The van der Waals surface area contributed by atoms with Crippen molar-refractivity contribution in [3.63, 3.8) is 0 Å². The lowest BCUT2D eigenvalue weighted by molar-refractivity contribution is 0.101. The van der Waals surface area contributed by atoms with E-state index in [1.807, 2.05) is 0 Å². The van der Waals surface area contributed by atoms with Crippen LogP contribution in [0.2, 0.25) is 0 Å². The Kier molecular flexibility index (Phi) is 8.92. The third kappa shape index (κ3) is 6.42. The van der Waals surface area contributed by atoms with Crippen LogP contribution < -0.4 is 10.6 Å². The molecule has 0 fully saturated rings. The first kappa shape index (κ1) is 30.6. The monoisotopic (exact) mass is 606 g/mol. The minimum atomic E-state index is -3.63. The van der Waals surface area contributed by atoms with Gasteiger partial charge in [-0.25, -0.2) is 25.4 Å². The number of hydrogen-bond acceptors (Lipinski definition) is 6. The summed E-state index contributed by atoms with van der Waals surface area (Å²) in [7, 11) is -1.53. The zero-order chi connectivity index (χ0) is 30.7. The van der Waals surface area contributed by atoms with E-state index in [0.717, 1.165) is 8.61 Å². The van der Waals surface area contributed by atoms with Crippen molar-refractivity contribution in [1.29, 1.82) is 0 Å². The van der Waals surface area contributed by atoms with Crippen LogP contribution in [-0.4, -0.2) is 65.5 Å². The maximum atomic E-state index is 13.1. The van der Waals surface area contributed by atoms with E-state index in [9.17, 15) is 26.4 Å². The van der Waals surface area contributed by atoms with Crippen LogP contribution in [0.25, 0.3) is 11.1 Å². The predicted molar refractivity (Wildman–Crippen MR) is 162 cm³/mol. The Morgan fingerprint density at radius 1 is 0.500 bits per heavy atom. The predicted octanol–water partition coefficient (Wildman–Crippen LogP) is 4.36. The minimum Gasteiger partial charge on any atom is -0.321 e. The zero-order valence-electron chi connectivity index (χ0n) is 23.4. The van der Waals surface area contributed by atoms with Crippen molar-refractivity contribution in [2.24, 2.45) is 0 Å². The summed E-state index contributed by atoms with van der Waals surface area (Å²) in [6.07, 6.45) is 0. The van der Waals surface area contributed by atoms with Gasteiger partial charge in [-0.1, -0.05) is 36.4 Å². The van der Waals surface area contributed by atoms with E-state index in [1.165, 1.54) is 76.7 Å². The lowest BCUT2D eigenvalue weighted by Gasteiger charge is -2.16. The molecule has 2 N–H and O–H groups in total. The summed E-state index contributed by atoms with van der Waals surface area (Å²) in [6, 6.07) is 25.4. The second-order valence-electron chi connectivity index (χ2n) is 9.62. The maximum Gasteiger partial charge on any atom is 0.255 e. The van der Waals surface area contributed by atoms with Crippen LogP contribution in [-0.2, 0) is 20.0 Å². The number of carbonyl (C=O) groups excluding carboxylic acids is 2. The Balaban J connectivity index is 1.58. The number of nitrogens with one attached hydrogen (secondary N) is 2. The summed E-state index contributed by atoms with van der Waals surface area (Å²) in [5, 5.41) is 5.75. The van der Waals surface area contributed by atoms with E-state index in [0.29, 0.717) is 22.5 Å². The third-order valence-electron chi connectivity index (χ3n) is 6.43. The van der Waals surface area contributed by atoms with Gasteiger partial charge in [0.25, 0.3) is 11.8 Å². The number of nitrogens with zero attached hydrogens (tertiary/aromatic N) is 2. The van der Waals surface area contributed by atoms with E-state index in [2.05, 4.69) is 10.6 Å². The van der Waals surface area contributed by atoms with Crippen molar-refractivity contribution in [2.75, 3.05) is 38.8 Å². The van der Waals surface area contributed by atoms with Crippen LogP contribution in [0.1, 0.15) is 20.7 Å². The molecule has 0 aromatic heterocycles. The van der Waals surface area contributed by atoms with Crippen LogP contribution >= 0.6 is 0 Å². The largest absolute Gasteiger partial charge is 0.321 e. The Hall–Kier alpha value is -4.36. The molecule has 0 aliphatic carbocycles. The molecule has 0 radical (unpaired) electrons. The van der Waals surface area contributed by atoms with Gasteiger partial charge in [-0.2, -0.15) is 0 Å². The quantitative estimate of drug-likeness (QED) is 0.291. The fourth-order valence-electron chi connectivity index (χ4n) is 4.02. The summed E-state index contributed by atoms with van der Waals surface area (Å²) < 4.78 is 51.6. The van der Waals surface area contributed by atoms with E-state index >= 15 is 0 Å². The molecule has 0 bridgehead atoms. The lowest BCUT2D eigenvalue weighted by atomic mass is 10.0. The van der Waals surface area contributed by atoms with Gasteiger partial charge in [0, 0.05) is 61.8 Å². The summed E-state index contributed by atoms with van der Waals surface area (Å²) in [5.41, 5.74) is 2.77. The number of hydrogen-bond donors (Lipinski definition) is 2. The number of para-hydroxylation sites is 2. The lowest BCUT2D eigenvalue weighted by Crippen LogP contribution is -2.22. The number of amides is 2. The first-order valence-electron chi connectivity index (χ1n) is 12.7.